The van der Waals surface area contributed by atoms with E-state index in [1.807, 2.05) is 17.4 Å². The number of hydrogen-bond acceptors (Lipinski definition) is 3. The summed E-state index contributed by atoms with van der Waals surface area (Å²) in [5, 5.41) is 4.92. The Bertz CT molecular complexity index is 3200. The molecule has 0 atom stereocenters. The highest BCUT2D eigenvalue weighted by molar-refractivity contribution is 7.27. The smallest absolute Gasteiger partial charge is 0.136 e. The second-order valence-corrected chi connectivity index (χ2v) is 15.5. The molecule has 2 heterocycles. The summed E-state index contributed by atoms with van der Waals surface area (Å²) in [5.74, 6) is 0. The summed E-state index contributed by atoms with van der Waals surface area (Å²) in [6.45, 7) is 0. The Morgan fingerprint density at radius 2 is 0.754 bits per heavy atom. The number of nitrogens with zero attached hydrogens (tertiary/aromatic N) is 1. The maximum Gasteiger partial charge on any atom is 0.136 e. The quantitative estimate of drug-likeness (QED) is 0.162. The fraction of sp³-hybridized carbons (Fsp3) is 0. The van der Waals surface area contributed by atoms with Crippen molar-refractivity contribution in [3.05, 3.63) is 212 Å². The molecule has 0 spiro atoms. The van der Waals surface area contributed by atoms with Crippen molar-refractivity contribution in [2.45, 2.75) is 0 Å². The number of furan rings is 1. The second kappa shape index (κ2) is 13.8. The van der Waals surface area contributed by atoms with Gasteiger partial charge in [0.1, 0.15) is 11.2 Å². The predicted octanol–water partition coefficient (Wildman–Crippen LogP) is 16.1. The first kappa shape index (κ1) is 33.2. The fourth-order valence-electron chi connectivity index (χ4n) is 8.36. The van der Waals surface area contributed by atoms with E-state index < -0.39 is 0 Å². The number of hydrogen-bond donors (Lipinski definition) is 0. The number of thiophene rings is 1. The molecule has 2 nitrogen and oxygen atoms in total. The van der Waals surface area contributed by atoms with Crippen molar-refractivity contribution >= 4 is 70.5 Å². The van der Waals surface area contributed by atoms with Crippen molar-refractivity contribution in [3.8, 4) is 44.5 Å². The lowest BCUT2D eigenvalue weighted by Crippen LogP contribution is -2.09. The maximum atomic E-state index is 6.26. The molecule has 0 aliphatic heterocycles. The average Bonchev–Trinajstić information content (AvgIpc) is 3.87. The highest BCUT2D eigenvalue weighted by atomic mass is 32.1. The van der Waals surface area contributed by atoms with Gasteiger partial charge in [-0.25, -0.2) is 0 Å². The lowest BCUT2D eigenvalue weighted by atomic mass is 9.94. The number of anilines is 3. The Morgan fingerprint density at radius 3 is 1.40 bits per heavy atom. The zero-order valence-electron chi connectivity index (χ0n) is 31.0. The molecule has 57 heavy (non-hydrogen) atoms. The van der Waals surface area contributed by atoms with Crippen molar-refractivity contribution in [1.29, 1.82) is 0 Å². The Kier molecular flexibility index (Phi) is 8.04. The van der Waals surface area contributed by atoms with Crippen LogP contribution in [0.5, 0.6) is 0 Å². The SMILES string of the molecule is c1ccc(-c2ccc(N(c3ccc(-c4ccccc4-c4ccccc4)cc3)c3ccc(-c4cccc5c4sc4c5ccc5oc6ccccc6c54)cc3)cc2)cc1. The van der Waals surface area contributed by atoms with Gasteiger partial charge >= 0.3 is 0 Å². The van der Waals surface area contributed by atoms with E-state index in [0.29, 0.717) is 0 Å². The van der Waals surface area contributed by atoms with Crippen molar-refractivity contribution in [3.63, 3.8) is 0 Å². The molecule has 0 radical (unpaired) electrons. The van der Waals surface area contributed by atoms with Gasteiger partial charge in [0.15, 0.2) is 0 Å². The minimum Gasteiger partial charge on any atom is -0.456 e. The first-order chi connectivity index (χ1) is 28.3. The zero-order chi connectivity index (χ0) is 37.7. The first-order valence-corrected chi connectivity index (χ1v) is 20.1. The van der Waals surface area contributed by atoms with Crippen LogP contribution in [-0.4, -0.2) is 0 Å². The van der Waals surface area contributed by atoms with Crippen LogP contribution in [0.4, 0.5) is 17.1 Å². The van der Waals surface area contributed by atoms with Crippen molar-refractivity contribution in [2.75, 3.05) is 4.90 Å². The van der Waals surface area contributed by atoms with Gasteiger partial charge in [-0.2, -0.15) is 0 Å². The van der Waals surface area contributed by atoms with Gasteiger partial charge in [0.05, 0.1) is 0 Å². The third-order valence-corrected chi connectivity index (χ3v) is 12.4. The molecule has 268 valence electrons. The molecule has 3 heteroatoms. The molecule has 11 aromatic rings. The lowest BCUT2D eigenvalue weighted by molar-refractivity contribution is 0.669. The Balaban J connectivity index is 0.998. The second-order valence-electron chi connectivity index (χ2n) is 14.5. The molecule has 9 aromatic carbocycles. The van der Waals surface area contributed by atoms with Crippen LogP contribution in [0.1, 0.15) is 0 Å². The van der Waals surface area contributed by atoms with Gasteiger partial charge in [0.25, 0.3) is 0 Å². The number of para-hydroxylation sites is 1. The van der Waals surface area contributed by atoms with Crippen LogP contribution >= 0.6 is 11.3 Å². The summed E-state index contributed by atoms with van der Waals surface area (Å²) in [6.07, 6.45) is 0. The van der Waals surface area contributed by atoms with E-state index in [2.05, 4.69) is 211 Å². The van der Waals surface area contributed by atoms with E-state index in [1.165, 1.54) is 75.5 Å². The number of fused-ring (bicyclic) bond motifs is 7. The topological polar surface area (TPSA) is 16.4 Å². The Morgan fingerprint density at radius 1 is 0.298 bits per heavy atom. The van der Waals surface area contributed by atoms with Gasteiger partial charge < -0.3 is 9.32 Å². The zero-order valence-corrected chi connectivity index (χ0v) is 31.8. The summed E-state index contributed by atoms with van der Waals surface area (Å²) in [7, 11) is 0. The van der Waals surface area contributed by atoms with E-state index in [9.17, 15) is 0 Å². The van der Waals surface area contributed by atoms with Gasteiger partial charge in [-0.15, -0.1) is 11.3 Å². The summed E-state index contributed by atoms with van der Waals surface area (Å²) >= 11 is 1.86. The highest BCUT2D eigenvalue weighted by Gasteiger charge is 2.18. The molecule has 0 unspecified atom stereocenters. The van der Waals surface area contributed by atoms with E-state index in [0.717, 1.165) is 28.2 Å². The molecule has 0 N–H and O–H groups in total. The maximum absolute atomic E-state index is 6.26. The molecular formula is C54H35NOS. The highest BCUT2D eigenvalue weighted by Crippen LogP contribution is 2.46. The van der Waals surface area contributed by atoms with E-state index in [4.69, 9.17) is 4.42 Å². The van der Waals surface area contributed by atoms with Crippen LogP contribution < -0.4 is 4.90 Å². The third kappa shape index (κ3) is 5.80. The molecular weight excluding hydrogens is 711 g/mol. The molecule has 0 bridgehead atoms. The van der Waals surface area contributed by atoms with Crippen molar-refractivity contribution in [2.24, 2.45) is 0 Å². The minimum absolute atomic E-state index is 0.930. The van der Waals surface area contributed by atoms with Gasteiger partial charge in [0.2, 0.25) is 0 Å². The third-order valence-electron chi connectivity index (χ3n) is 11.1. The summed E-state index contributed by atoms with van der Waals surface area (Å²) in [6, 6.07) is 76.2. The number of benzene rings is 9. The van der Waals surface area contributed by atoms with Crippen LogP contribution in [0.15, 0.2) is 217 Å². The normalized spacial score (nSPS) is 11.5. The molecule has 0 aliphatic rings. The Labute approximate surface area is 335 Å². The van der Waals surface area contributed by atoms with Crippen LogP contribution in [0, 0.1) is 0 Å². The van der Waals surface area contributed by atoms with Crippen LogP contribution in [0.2, 0.25) is 0 Å². The van der Waals surface area contributed by atoms with Gasteiger partial charge in [-0.1, -0.05) is 158 Å². The standard InChI is InChI=1S/C54H35NOS/c1-3-12-36(13-4-1)37-22-28-41(29-23-37)55(42-30-24-39(25-31-42)45-17-8-7-16-44(45)38-14-5-2-6-15-38)43-32-26-40(27-33-43)46-19-11-20-47-48-34-35-51-52(54(48)57-53(46)47)49-18-9-10-21-50(49)56-51/h1-35H. The molecule has 0 fully saturated rings. The van der Waals surface area contributed by atoms with E-state index in [1.54, 1.807) is 0 Å². The largest absolute Gasteiger partial charge is 0.456 e. The fourth-order valence-corrected chi connectivity index (χ4v) is 9.75. The van der Waals surface area contributed by atoms with Crippen molar-refractivity contribution < 1.29 is 4.42 Å². The summed E-state index contributed by atoms with van der Waals surface area (Å²) < 4.78 is 8.83. The van der Waals surface area contributed by atoms with Crippen LogP contribution in [0.3, 0.4) is 0 Å². The van der Waals surface area contributed by atoms with Crippen LogP contribution in [0.25, 0.3) is 86.6 Å². The molecule has 11 rings (SSSR count). The first-order valence-electron chi connectivity index (χ1n) is 19.3. The van der Waals surface area contributed by atoms with Gasteiger partial charge in [0, 0.05) is 48.0 Å². The monoisotopic (exact) mass is 745 g/mol. The molecule has 2 aromatic heterocycles. The lowest BCUT2D eigenvalue weighted by Gasteiger charge is -2.26. The van der Waals surface area contributed by atoms with Crippen molar-refractivity contribution in [1.82, 2.24) is 0 Å². The summed E-state index contributed by atoms with van der Waals surface area (Å²) in [5.41, 5.74) is 14.8. The summed E-state index contributed by atoms with van der Waals surface area (Å²) in [4.78, 5) is 2.35. The molecule has 0 aliphatic carbocycles. The Hall–Kier alpha value is -7.20. The molecule has 0 saturated carbocycles. The average molecular weight is 746 g/mol. The van der Waals surface area contributed by atoms with E-state index >= 15 is 0 Å². The molecule has 0 amide bonds. The predicted molar refractivity (Wildman–Crippen MR) is 243 cm³/mol. The number of rotatable bonds is 7. The van der Waals surface area contributed by atoms with E-state index in [-0.39, 0.29) is 0 Å². The van der Waals surface area contributed by atoms with Gasteiger partial charge in [-0.3, -0.25) is 0 Å². The van der Waals surface area contributed by atoms with Crippen LogP contribution in [-0.2, 0) is 0 Å². The van der Waals surface area contributed by atoms with Gasteiger partial charge in [-0.05, 0) is 99.1 Å². The molecule has 0 saturated heterocycles. The minimum atomic E-state index is 0.930.